The van der Waals surface area contributed by atoms with E-state index in [1.807, 2.05) is 6.07 Å². The highest BCUT2D eigenvalue weighted by molar-refractivity contribution is 7.80. The zero-order chi connectivity index (χ0) is 27.5. The third-order valence-electron chi connectivity index (χ3n) is 5.52. The van der Waals surface area contributed by atoms with Gasteiger partial charge < -0.3 is 18.9 Å². The maximum atomic E-state index is 12.4. The number of amides is 1. The first-order valence-electron chi connectivity index (χ1n) is 11.4. The Morgan fingerprint density at radius 1 is 1.00 bits per heavy atom. The molecule has 2 heterocycles. The molecule has 1 amide bonds. The van der Waals surface area contributed by atoms with Crippen molar-refractivity contribution in [3.8, 4) is 28.5 Å². The molecule has 7 nitrogen and oxygen atoms in total. The quantitative estimate of drug-likeness (QED) is 0.150. The van der Waals surface area contributed by atoms with Crippen LogP contribution in [0.2, 0.25) is 15.1 Å². The second-order valence-corrected chi connectivity index (χ2v) is 9.73. The SMILES string of the molecule is COc1ccc(-c2nc3cc(NC(=S)NC(=O)/C=C/c4ccc(-c5cccc(Cl)c5Cl)o4)ccc3o2)cc1Cl. The summed E-state index contributed by atoms with van der Waals surface area (Å²) >= 11 is 23.8. The van der Waals surface area contributed by atoms with E-state index >= 15 is 0 Å². The van der Waals surface area contributed by atoms with E-state index in [-0.39, 0.29) is 5.11 Å². The van der Waals surface area contributed by atoms with Crippen LogP contribution in [-0.4, -0.2) is 23.1 Å². The van der Waals surface area contributed by atoms with Gasteiger partial charge in [0.15, 0.2) is 10.7 Å². The van der Waals surface area contributed by atoms with Gasteiger partial charge >= 0.3 is 0 Å². The van der Waals surface area contributed by atoms with Crippen LogP contribution in [0.4, 0.5) is 5.69 Å². The number of aromatic nitrogens is 1. The number of methoxy groups -OCH3 is 1. The van der Waals surface area contributed by atoms with E-state index in [4.69, 9.17) is 60.6 Å². The number of nitrogens with one attached hydrogen (secondary N) is 2. The lowest BCUT2D eigenvalue weighted by atomic mass is 10.2. The second kappa shape index (κ2) is 11.5. The molecule has 0 radical (unpaired) electrons. The van der Waals surface area contributed by atoms with Crippen molar-refractivity contribution in [3.63, 3.8) is 0 Å². The van der Waals surface area contributed by atoms with Gasteiger partial charge in [-0.2, -0.15) is 0 Å². The molecule has 0 unspecified atom stereocenters. The molecule has 5 aromatic rings. The third-order valence-corrected chi connectivity index (χ3v) is 6.84. The first-order valence-corrected chi connectivity index (χ1v) is 12.9. The summed E-state index contributed by atoms with van der Waals surface area (Å²) in [7, 11) is 1.55. The molecule has 5 rings (SSSR count). The number of carbonyl (C=O) groups is 1. The van der Waals surface area contributed by atoms with Gasteiger partial charge in [0.1, 0.15) is 22.8 Å². The van der Waals surface area contributed by atoms with E-state index in [0.717, 1.165) is 0 Å². The molecular weight excluding hydrogens is 581 g/mol. The molecule has 0 bridgehead atoms. The van der Waals surface area contributed by atoms with Crippen molar-refractivity contribution in [2.45, 2.75) is 0 Å². The van der Waals surface area contributed by atoms with Gasteiger partial charge in [0.2, 0.25) is 11.8 Å². The lowest BCUT2D eigenvalue weighted by molar-refractivity contribution is -0.115. The first-order chi connectivity index (χ1) is 18.8. The van der Waals surface area contributed by atoms with E-state index in [1.54, 1.807) is 67.8 Å². The van der Waals surface area contributed by atoms with Crippen molar-refractivity contribution in [1.29, 1.82) is 0 Å². The Labute approximate surface area is 243 Å². The van der Waals surface area contributed by atoms with Gasteiger partial charge in [0.25, 0.3) is 0 Å². The Morgan fingerprint density at radius 3 is 2.64 bits per heavy atom. The van der Waals surface area contributed by atoms with Crippen molar-refractivity contribution in [1.82, 2.24) is 10.3 Å². The number of anilines is 1. The van der Waals surface area contributed by atoms with Crippen molar-refractivity contribution in [3.05, 3.63) is 93.6 Å². The highest BCUT2D eigenvalue weighted by Crippen LogP contribution is 2.35. The zero-order valence-electron chi connectivity index (χ0n) is 20.1. The van der Waals surface area contributed by atoms with E-state index in [1.165, 1.54) is 12.2 Å². The number of carbonyl (C=O) groups excluding carboxylic acids is 1. The molecule has 0 fully saturated rings. The molecule has 3 aromatic carbocycles. The molecule has 0 saturated heterocycles. The number of hydrogen-bond acceptors (Lipinski definition) is 6. The van der Waals surface area contributed by atoms with Crippen LogP contribution in [0.25, 0.3) is 40.0 Å². The number of fused-ring (bicyclic) bond motifs is 1. The van der Waals surface area contributed by atoms with E-state index in [2.05, 4.69) is 15.6 Å². The second-order valence-electron chi connectivity index (χ2n) is 8.13. The number of rotatable bonds is 6. The molecule has 0 aliphatic heterocycles. The molecule has 0 saturated carbocycles. The maximum absolute atomic E-state index is 12.4. The number of benzene rings is 3. The van der Waals surface area contributed by atoms with Crippen LogP contribution in [0.1, 0.15) is 5.76 Å². The molecular formula is C28H18Cl3N3O4S. The molecule has 0 spiro atoms. The Balaban J connectivity index is 1.21. The molecule has 11 heteroatoms. The van der Waals surface area contributed by atoms with Gasteiger partial charge in [0.05, 0.1) is 22.2 Å². The summed E-state index contributed by atoms with van der Waals surface area (Å²) in [5, 5.41) is 6.94. The predicted molar refractivity (Wildman–Crippen MR) is 159 cm³/mol. The summed E-state index contributed by atoms with van der Waals surface area (Å²) in [4.78, 5) is 16.9. The summed E-state index contributed by atoms with van der Waals surface area (Å²) < 4.78 is 16.8. The van der Waals surface area contributed by atoms with Gasteiger partial charge in [0, 0.05) is 22.9 Å². The number of hydrogen-bond donors (Lipinski definition) is 2. The summed E-state index contributed by atoms with van der Waals surface area (Å²) in [5.41, 5.74) is 3.17. The maximum Gasteiger partial charge on any atom is 0.250 e. The van der Waals surface area contributed by atoms with Crippen molar-refractivity contribution < 1.29 is 18.4 Å². The van der Waals surface area contributed by atoms with E-state index in [0.29, 0.717) is 66.1 Å². The largest absolute Gasteiger partial charge is 0.495 e. The summed E-state index contributed by atoms with van der Waals surface area (Å²) in [5.74, 6) is 1.52. The fourth-order valence-electron chi connectivity index (χ4n) is 3.68. The Bertz CT molecular complexity index is 1750. The van der Waals surface area contributed by atoms with Crippen LogP contribution in [0, 0.1) is 0 Å². The van der Waals surface area contributed by atoms with Crippen LogP contribution in [-0.2, 0) is 4.79 Å². The number of nitrogens with zero attached hydrogens (tertiary/aromatic N) is 1. The molecule has 0 aliphatic rings. The van der Waals surface area contributed by atoms with Crippen LogP contribution in [0.5, 0.6) is 5.75 Å². The first kappa shape index (κ1) is 26.8. The zero-order valence-corrected chi connectivity index (χ0v) is 23.2. The minimum absolute atomic E-state index is 0.112. The highest BCUT2D eigenvalue weighted by atomic mass is 35.5. The van der Waals surface area contributed by atoms with Crippen LogP contribution < -0.4 is 15.4 Å². The monoisotopic (exact) mass is 597 g/mol. The average Bonchev–Trinajstić information content (AvgIpc) is 3.56. The molecule has 39 heavy (non-hydrogen) atoms. The topological polar surface area (TPSA) is 89.5 Å². The smallest absolute Gasteiger partial charge is 0.250 e. The van der Waals surface area contributed by atoms with E-state index in [9.17, 15) is 4.79 Å². The van der Waals surface area contributed by atoms with Crippen molar-refractivity contribution in [2.24, 2.45) is 0 Å². The van der Waals surface area contributed by atoms with Crippen LogP contribution >= 0.6 is 47.0 Å². The van der Waals surface area contributed by atoms with E-state index < -0.39 is 5.91 Å². The fraction of sp³-hybridized carbons (Fsp3) is 0.0357. The Morgan fingerprint density at radius 2 is 1.85 bits per heavy atom. The predicted octanol–water partition coefficient (Wildman–Crippen LogP) is 8.25. The summed E-state index contributed by atoms with van der Waals surface area (Å²) in [6, 6.07) is 19.3. The Hall–Kier alpha value is -3.82. The number of oxazole rings is 1. The summed E-state index contributed by atoms with van der Waals surface area (Å²) in [6.07, 6.45) is 2.83. The van der Waals surface area contributed by atoms with Gasteiger partial charge in [-0.15, -0.1) is 0 Å². The number of furan rings is 1. The Kier molecular flexibility index (Phi) is 7.90. The van der Waals surface area contributed by atoms with Gasteiger partial charge in [-0.05, 0) is 79.0 Å². The minimum atomic E-state index is -0.438. The summed E-state index contributed by atoms with van der Waals surface area (Å²) in [6.45, 7) is 0. The molecule has 0 aliphatic carbocycles. The fourth-order valence-corrected chi connectivity index (χ4v) is 4.55. The number of ether oxygens (including phenoxy) is 1. The number of thiocarbonyl (C=S) groups is 1. The molecule has 2 aromatic heterocycles. The lowest BCUT2D eigenvalue weighted by Crippen LogP contribution is -2.32. The molecule has 196 valence electrons. The van der Waals surface area contributed by atoms with Crippen LogP contribution in [0.3, 0.4) is 0 Å². The number of halogens is 3. The van der Waals surface area contributed by atoms with Crippen molar-refractivity contribution in [2.75, 3.05) is 12.4 Å². The van der Waals surface area contributed by atoms with Gasteiger partial charge in [-0.3, -0.25) is 10.1 Å². The average molecular weight is 599 g/mol. The normalized spacial score (nSPS) is 11.2. The minimum Gasteiger partial charge on any atom is -0.495 e. The van der Waals surface area contributed by atoms with Crippen LogP contribution in [0.15, 0.2) is 81.6 Å². The van der Waals surface area contributed by atoms with Gasteiger partial charge in [-0.25, -0.2) is 4.98 Å². The highest BCUT2D eigenvalue weighted by Gasteiger charge is 2.13. The standard InChI is InChI=1S/C28H18Cl3N3O4S/c1-36-23-9-5-15(13-20(23)30)27-33-21-14-16(6-10-24(21)38-27)32-28(39)34-25(35)12-8-17-7-11-22(37-17)18-3-2-4-19(29)26(18)31/h2-14H,1H3,(H2,32,34,35,39)/b12-8+. The van der Waals surface area contributed by atoms with Gasteiger partial charge in [-0.1, -0.05) is 40.9 Å². The lowest BCUT2D eigenvalue weighted by Gasteiger charge is -2.07. The molecule has 2 N–H and O–H groups in total. The third kappa shape index (κ3) is 6.10. The molecule has 0 atom stereocenters. The van der Waals surface area contributed by atoms with Crippen molar-refractivity contribution >= 4 is 80.9 Å².